The maximum absolute atomic E-state index is 13.5. The van der Waals surface area contributed by atoms with E-state index in [1.54, 1.807) is 19.1 Å². The van der Waals surface area contributed by atoms with Gasteiger partial charge in [0.15, 0.2) is 6.10 Å². The Balaban J connectivity index is 1.28. The van der Waals surface area contributed by atoms with E-state index in [4.69, 9.17) is 4.74 Å². The van der Waals surface area contributed by atoms with Crippen LogP contribution >= 0.6 is 0 Å². The van der Waals surface area contributed by atoms with Gasteiger partial charge in [-0.25, -0.2) is 0 Å². The summed E-state index contributed by atoms with van der Waals surface area (Å²) < 4.78 is 5.48. The number of ether oxygens (including phenoxy) is 1. The van der Waals surface area contributed by atoms with Crippen molar-refractivity contribution < 1.29 is 23.9 Å². The van der Waals surface area contributed by atoms with Gasteiger partial charge in [0.2, 0.25) is 17.6 Å². The molecule has 0 N–H and O–H groups in total. The van der Waals surface area contributed by atoms with Gasteiger partial charge in [0.05, 0.1) is 24.3 Å². The number of carbonyl (C=O) groups is 4. The van der Waals surface area contributed by atoms with Gasteiger partial charge >= 0.3 is 5.97 Å². The van der Waals surface area contributed by atoms with Crippen molar-refractivity contribution in [3.8, 4) is 0 Å². The zero-order valence-corrected chi connectivity index (χ0v) is 20.1. The Labute approximate surface area is 200 Å². The Morgan fingerprint density at radius 2 is 1.62 bits per heavy atom. The summed E-state index contributed by atoms with van der Waals surface area (Å²) in [4.78, 5) is 54.0. The summed E-state index contributed by atoms with van der Waals surface area (Å²) in [5.74, 6) is -0.175. The molecule has 1 saturated heterocycles. The zero-order chi connectivity index (χ0) is 24.1. The fourth-order valence-corrected chi connectivity index (χ4v) is 6.55. The predicted octanol–water partition coefficient (Wildman–Crippen LogP) is 4.11. The lowest BCUT2D eigenvalue weighted by atomic mass is 9.63. The number of hydrogen-bond acceptors (Lipinski definition) is 5. The second-order valence-electron chi connectivity index (χ2n) is 10.6. The number of allylic oxidation sites excluding steroid dienone is 2. The Morgan fingerprint density at radius 3 is 2.18 bits per heavy atom. The van der Waals surface area contributed by atoms with Crippen LogP contribution in [0.25, 0.3) is 0 Å². The van der Waals surface area contributed by atoms with Crippen LogP contribution in [-0.2, 0) is 19.1 Å². The molecule has 0 unspecified atom stereocenters. The summed E-state index contributed by atoms with van der Waals surface area (Å²) in [6.07, 6.45) is 6.70. The van der Waals surface area contributed by atoms with Crippen LogP contribution in [0.15, 0.2) is 36.4 Å². The summed E-state index contributed by atoms with van der Waals surface area (Å²) >= 11 is 0. The molecule has 1 aliphatic heterocycles. The normalized spacial score (nSPS) is 32.3. The highest BCUT2D eigenvalue weighted by atomic mass is 16.5. The molecular formula is C28H33NO5. The largest absolute Gasteiger partial charge is 0.454 e. The number of aryl methyl sites for hydroxylation is 1. The molecule has 1 aromatic carbocycles. The number of rotatable bonds is 9. The number of nitrogens with zero attached hydrogens (tertiary/aromatic N) is 1. The lowest BCUT2D eigenvalue weighted by molar-refractivity contribution is -0.150. The molecule has 1 aromatic rings. The lowest BCUT2D eigenvalue weighted by Crippen LogP contribution is -2.43. The van der Waals surface area contributed by atoms with Gasteiger partial charge in [-0.2, -0.15) is 0 Å². The van der Waals surface area contributed by atoms with Crippen molar-refractivity contribution in [1.29, 1.82) is 0 Å². The highest BCUT2D eigenvalue weighted by molar-refractivity contribution is 6.07. The van der Waals surface area contributed by atoms with E-state index < -0.39 is 18.1 Å². The third-order valence-corrected chi connectivity index (χ3v) is 8.37. The molecule has 8 atom stereocenters. The van der Waals surface area contributed by atoms with E-state index in [0.29, 0.717) is 23.8 Å². The molecule has 0 spiro atoms. The number of unbranched alkanes of at least 4 members (excludes halogenated alkanes) is 1. The van der Waals surface area contributed by atoms with Crippen LogP contribution in [-0.4, -0.2) is 40.6 Å². The highest BCUT2D eigenvalue weighted by Gasteiger charge is 2.67. The standard InChI is InChI=1S/C28H33NO5/c1-4-5-6-18(13-23(30)34-16(3)26(31)17-9-7-15(2)8-10-17)29-27(32)24-19-11-12-20(22-14-21(19)22)25(24)28(29)33/h7-12,16,18-22,24-25H,4-6,13-14H2,1-3H3/t16-,18-,19+,20+,21-,22+,24-,25-/m1/s1. The van der Waals surface area contributed by atoms with Crippen LogP contribution in [0, 0.1) is 42.4 Å². The second-order valence-corrected chi connectivity index (χ2v) is 10.6. The maximum atomic E-state index is 13.5. The summed E-state index contributed by atoms with van der Waals surface area (Å²) in [6.45, 7) is 5.55. The van der Waals surface area contributed by atoms with Crippen molar-refractivity contribution in [2.24, 2.45) is 35.5 Å². The van der Waals surface area contributed by atoms with Crippen molar-refractivity contribution in [3.63, 3.8) is 0 Å². The minimum Gasteiger partial charge on any atom is -0.454 e. The van der Waals surface area contributed by atoms with Crippen LogP contribution in [0.5, 0.6) is 0 Å². The number of imide groups is 1. The maximum Gasteiger partial charge on any atom is 0.308 e. The summed E-state index contributed by atoms with van der Waals surface area (Å²) in [5, 5.41) is 0. The van der Waals surface area contributed by atoms with Crippen molar-refractivity contribution in [2.45, 2.75) is 65.0 Å². The number of benzene rings is 1. The molecular weight excluding hydrogens is 430 g/mol. The molecule has 0 radical (unpaired) electrons. The van der Waals surface area contributed by atoms with Crippen LogP contribution in [0.4, 0.5) is 0 Å². The fraction of sp³-hybridized carbons (Fsp3) is 0.571. The average Bonchev–Trinajstić information content (AvgIpc) is 3.60. The summed E-state index contributed by atoms with van der Waals surface area (Å²) in [6, 6.07) is 6.62. The number of amides is 2. The van der Waals surface area contributed by atoms with E-state index in [2.05, 4.69) is 12.2 Å². The first-order valence-corrected chi connectivity index (χ1v) is 12.7. The minimum absolute atomic E-state index is 0.0714. The van der Waals surface area contributed by atoms with E-state index in [0.717, 1.165) is 24.8 Å². The smallest absolute Gasteiger partial charge is 0.308 e. The number of esters is 1. The Bertz CT molecular complexity index is 1010. The monoisotopic (exact) mass is 463 g/mol. The molecule has 1 heterocycles. The van der Waals surface area contributed by atoms with Crippen LogP contribution < -0.4 is 0 Å². The van der Waals surface area contributed by atoms with Gasteiger partial charge in [-0.05, 0) is 50.4 Å². The number of carbonyl (C=O) groups excluding carboxylic acids is 4. The first-order chi connectivity index (χ1) is 16.3. The van der Waals surface area contributed by atoms with E-state index in [1.165, 1.54) is 4.90 Å². The number of hydrogen-bond donors (Lipinski definition) is 0. The van der Waals surface area contributed by atoms with Gasteiger partial charge in [-0.15, -0.1) is 0 Å². The quantitative estimate of drug-likeness (QED) is 0.238. The summed E-state index contributed by atoms with van der Waals surface area (Å²) in [5.41, 5.74) is 1.53. The molecule has 180 valence electrons. The van der Waals surface area contributed by atoms with E-state index in [-0.39, 0.29) is 47.7 Å². The van der Waals surface area contributed by atoms with E-state index >= 15 is 0 Å². The van der Waals surface area contributed by atoms with Crippen molar-refractivity contribution in [1.82, 2.24) is 4.90 Å². The molecule has 2 saturated carbocycles. The first kappa shape index (κ1) is 23.0. The van der Waals surface area contributed by atoms with Gasteiger partial charge in [0.25, 0.3) is 0 Å². The fourth-order valence-electron chi connectivity index (χ4n) is 6.55. The molecule has 4 aliphatic carbocycles. The van der Waals surface area contributed by atoms with Crippen LogP contribution in [0.1, 0.15) is 61.9 Å². The SMILES string of the molecule is CCCC[C@H](CC(=O)O[C@H](C)C(=O)c1ccc(C)cc1)N1C(=O)[C@@H]2[C@H]3C=C[C@@H]([C@@H]4C[C@H]34)[C@H]2C1=O. The molecule has 34 heavy (non-hydrogen) atoms. The molecule has 6 rings (SSSR count). The summed E-state index contributed by atoms with van der Waals surface area (Å²) in [7, 11) is 0. The molecule has 6 heteroatoms. The zero-order valence-electron chi connectivity index (χ0n) is 20.1. The van der Waals surface area contributed by atoms with Crippen molar-refractivity contribution >= 4 is 23.6 Å². The van der Waals surface area contributed by atoms with Crippen molar-refractivity contribution in [2.75, 3.05) is 0 Å². The van der Waals surface area contributed by atoms with Gasteiger partial charge < -0.3 is 4.74 Å². The Kier molecular flexibility index (Phi) is 5.95. The van der Waals surface area contributed by atoms with Crippen molar-refractivity contribution in [3.05, 3.63) is 47.5 Å². The minimum atomic E-state index is -0.929. The highest BCUT2D eigenvalue weighted by Crippen LogP contribution is 2.65. The van der Waals surface area contributed by atoms with Gasteiger partial charge in [0, 0.05) is 5.56 Å². The molecule has 6 nitrogen and oxygen atoms in total. The van der Waals surface area contributed by atoms with E-state index in [1.807, 2.05) is 26.0 Å². The van der Waals surface area contributed by atoms with Crippen LogP contribution in [0.3, 0.4) is 0 Å². The number of likely N-dealkylation sites (tertiary alicyclic amines) is 1. The van der Waals surface area contributed by atoms with Gasteiger partial charge in [0.1, 0.15) is 0 Å². The third-order valence-electron chi connectivity index (χ3n) is 8.37. The molecule has 2 amide bonds. The van der Waals surface area contributed by atoms with E-state index in [9.17, 15) is 19.2 Å². The van der Waals surface area contributed by atoms with Gasteiger partial charge in [-0.3, -0.25) is 24.1 Å². The molecule has 5 aliphatic rings. The topological polar surface area (TPSA) is 80.8 Å². The number of Topliss-reactive ketones (excluding diaryl/α,β-unsaturated/α-hetero) is 1. The van der Waals surface area contributed by atoms with Crippen LogP contribution in [0.2, 0.25) is 0 Å². The Morgan fingerprint density at radius 1 is 1.03 bits per heavy atom. The molecule has 3 fully saturated rings. The second kappa shape index (κ2) is 8.79. The lowest BCUT2D eigenvalue weighted by Gasteiger charge is -2.37. The molecule has 0 aromatic heterocycles. The first-order valence-electron chi connectivity index (χ1n) is 12.7. The Hall–Kier alpha value is -2.76. The number of ketones is 1. The average molecular weight is 464 g/mol. The molecule has 2 bridgehead atoms. The predicted molar refractivity (Wildman–Crippen MR) is 126 cm³/mol. The third kappa shape index (κ3) is 3.81. The van der Waals surface area contributed by atoms with Gasteiger partial charge in [-0.1, -0.05) is 61.7 Å².